The van der Waals surface area contributed by atoms with Gasteiger partial charge in [0.05, 0.1) is 10.6 Å². The SMILES string of the molecule is CC(=O)c1ccc(S(=O)(=O)NCCC(=O)Nc2nc(CN3CCCCC3)cs2)cc1. The fourth-order valence-corrected chi connectivity index (χ4v) is 4.97. The number of thiazole rings is 1. The molecular formula is C20H26N4O4S2. The summed E-state index contributed by atoms with van der Waals surface area (Å²) in [7, 11) is -3.74. The lowest BCUT2D eigenvalue weighted by Crippen LogP contribution is -2.29. The summed E-state index contributed by atoms with van der Waals surface area (Å²) in [4.78, 5) is 30.3. The second kappa shape index (κ2) is 10.3. The number of piperidine rings is 1. The van der Waals surface area contributed by atoms with Crippen molar-refractivity contribution in [2.45, 2.75) is 44.0 Å². The van der Waals surface area contributed by atoms with E-state index in [0.717, 1.165) is 25.3 Å². The number of hydrogen-bond acceptors (Lipinski definition) is 7. The molecule has 1 saturated heterocycles. The van der Waals surface area contributed by atoms with Crippen molar-refractivity contribution in [1.82, 2.24) is 14.6 Å². The molecule has 0 aliphatic carbocycles. The number of amides is 1. The summed E-state index contributed by atoms with van der Waals surface area (Å²) in [5.74, 6) is -0.437. The van der Waals surface area contributed by atoms with Gasteiger partial charge >= 0.3 is 0 Å². The van der Waals surface area contributed by atoms with Crippen molar-refractivity contribution in [2.75, 3.05) is 25.0 Å². The molecule has 2 aromatic rings. The molecule has 30 heavy (non-hydrogen) atoms. The van der Waals surface area contributed by atoms with Gasteiger partial charge in [0.2, 0.25) is 15.9 Å². The molecule has 1 amide bonds. The molecule has 1 aromatic carbocycles. The minimum atomic E-state index is -3.74. The summed E-state index contributed by atoms with van der Waals surface area (Å²) in [5.41, 5.74) is 1.38. The van der Waals surface area contributed by atoms with Crippen molar-refractivity contribution < 1.29 is 18.0 Å². The van der Waals surface area contributed by atoms with Gasteiger partial charge in [-0.05, 0) is 45.0 Å². The summed E-state index contributed by atoms with van der Waals surface area (Å²) < 4.78 is 27.0. The van der Waals surface area contributed by atoms with Crippen LogP contribution in [0, 0.1) is 0 Å². The molecule has 0 bridgehead atoms. The van der Waals surface area contributed by atoms with Crippen LogP contribution < -0.4 is 10.0 Å². The predicted molar refractivity (Wildman–Crippen MR) is 116 cm³/mol. The zero-order chi connectivity index (χ0) is 21.6. The number of carbonyl (C=O) groups excluding carboxylic acids is 2. The van der Waals surface area contributed by atoms with Crippen LogP contribution in [0.3, 0.4) is 0 Å². The molecule has 0 saturated carbocycles. The van der Waals surface area contributed by atoms with E-state index in [4.69, 9.17) is 0 Å². The number of anilines is 1. The molecule has 1 fully saturated rings. The molecule has 0 spiro atoms. The third-order valence-electron chi connectivity index (χ3n) is 4.85. The smallest absolute Gasteiger partial charge is 0.240 e. The van der Waals surface area contributed by atoms with Gasteiger partial charge in [0.15, 0.2) is 10.9 Å². The Balaban J connectivity index is 1.44. The highest BCUT2D eigenvalue weighted by molar-refractivity contribution is 7.89. The molecule has 1 aromatic heterocycles. The first-order valence-corrected chi connectivity index (χ1v) is 12.3. The second-order valence-corrected chi connectivity index (χ2v) is 9.88. The summed E-state index contributed by atoms with van der Waals surface area (Å²) in [6, 6.07) is 5.68. The Morgan fingerprint density at radius 1 is 1.13 bits per heavy atom. The maximum Gasteiger partial charge on any atom is 0.240 e. The van der Waals surface area contributed by atoms with Gasteiger partial charge in [-0.2, -0.15) is 0 Å². The largest absolute Gasteiger partial charge is 0.302 e. The Bertz CT molecular complexity index is 980. The third-order valence-corrected chi connectivity index (χ3v) is 7.13. The standard InChI is InChI=1S/C20H26N4O4S2/c1-15(25)16-5-7-18(8-6-16)30(27,28)21-10-9-19(26)23-20-22-17(14-29-20)13-24-11-3-2-4-12-24/h5-8,14,21H,2-4,9-13H2,1H3,(H,22,23,26). The van der Waals surface area contributed by atoms with Crippen LogP contribution in [0.5, 0.6) is 0 Å². The number of benzene rings is 1. The first-order valence-electron chi connectivity index (χ1n) is 9.91. The monoisotopic (exact) mass is 450 g/mol. The van der Waals surface area contributed by atoms with Crippen molar-refractivity contribution in [2.24, 2.45) is 0 Å². The van der Waals surface area contributed by atoms with E-state index in [1.807, 2.05) is 5.38 Å². The van der Waals surface area contributed by atoms with E-state index in [1.54, 1.807) is 0 Å². The molecule has 2 heterocycles. The Morgan fingerprint density at radius 3 is 2.50 bits per heavy atom. The van der Waals surface area contributed by atoms with Crippen molar-refractivity contribution in [3.05, 3.63) is 40.9 Å². The van der Waals surface area contributed by atoms with Crippen molar-refractivity contribution in [3.8, 4) is 0 Å². The van der Waals surface area contributed by atoms with Crippen LogP contribution in [0.25, 0.3) is 0 Å². The van der Waals surface area contributed by atoms with Crippen LogP contribution in [-0.4, -0.2) is 49.6 Å². The van der Waals surface area contributed by atoms with Crippen LogP contribution in [0.2, 0.25) is 0 Å². The topological polar surface area (TPSA) is 108 Å². The third kappa shape index (κ3) is 6.43. The van der Waals surface area contributed by atoms with Gasteiger partial charge in [-0.15, -0.1) is 11.3 Å². The van der Waals surface area contributed by atoms with Crippen molar-refractivity contribution >= 4 is 38.2 Å². The van der Waals surface area contributed by atoms with Gasteiger partial charge in [-0.3, -0.25) is 14.5 Å². The Hall–Kier alpha value is -2.14. The molecule has 8 nitrogen and oxygen atoms in total. The lowest BCUT2D eigenvalue weighted by atomic mass is 10.1. The van der Waals surface area contributed by atoms with Crippen LogP contribution in [-0.2, 0) is 21.4 Å². The number of nitrogens with one attached hydrogen (secondary N) is 2. The lowest BCUT2D eigenvalue weighted by Gasteiger charge is -2.25. The number of sulfonamides is 1. The summed E-state index contributed by atoms with van der Waals surface area (Å²) in [6.45, 7) is 4.33. The van der Waals surface area contributed by atoms with Gasteiger partial charge in [-0.1, -0.05) is 18.6 Å². The number of aromatic nitrogens is 1. The van der Waals surface area contributed by atoms with Gasteiger partial charge in [-0.25, -0.2) is 18.1 Å². The molecule has 0 atom stereocenters. The number of nitrogens with zero attached hydrogens (tertiary/aromatic N) is 2. The highest BCUT2D eigenvalue weighted by Gasteiger charge is 2.16. The van der Waals surface area contributed by atoms with Gasteiger partial charge in [0.25, 0.3) is 0 Å². The molecule has 2 N–H and O–H groups in total. The first-order chi connectivity index (χ1) is 14.3. The highest BCUT2D eigenvalue weighted by Crippen LogP contribution is 2.19. The summed E-state index contributed by atoms with van der Waals surface area (Å²) in [5, 5.41) is 5.19. The zero-order valence-corrected chi connectivity index (χ0v) is 18.5. The van der Waals surface area contributed by atoms with Crippen LogP contribution in [0.1, 0.15) is 48.7 Å². The highest BCUT2D eigenvalue weighted by atomic mass is 32.2. The van der Waals surface area contributed by atoms with Crippen molar-refractivity contribution in [3.63, 3.8) is 0 Å². The van der Waals surface area contributed by atoms with E-state index in [-0.39, 0.29) is 29.6 Å². The lowest BCUT2D eigenvalue weighted by molar-refractivity contribution is -0.116. The van der Waals surface area contributed by atoms with Crippen molar-refractivity contribution in [1.29, 1.82) is 0 Å². The molecule has 162 valence electrons. The maximum atomic E-state index is 12.3. The zero-order valence-electron chi connectivity index (χ0n) is 16.9. The number of rotatable bonds is 9. The molecule has 1 aliphatic rings. The van der Waals surface area contributed by atoms with Gasteiger partial charge < -0.3 is 5.32 Å². The van der Waals surface area contributed by atoms with Gasteiger partial charge in [0, 0.05) is 30.5 Å². The summed E-state index contributed by atoms with van der Waals surface area (Å²) in [6.07, 6.45) is 3.70. The van der Waals surface area contributed by atoms with E-state index in [2.05, 4.69) is 19.9 Å². The number of hydrogen-bond donors (Lipinski definition) is 2. The number of Topliss-reactive ketones (excluding diaryl/α,β-unsaturated/α-hetero) is 1. The second-order valence-electron chi connectivity index (χ2n) is 7.26. The quantitative estimate of drug-likeness (QED) is 0.569. The average molecular weight is 451 g/mol. The van der Waals surface area contributed by atoms with E-state index in [1.165, 1.54) is 61.8 Å². The number of carbonyl (C=O) groups is 2. The first kappa shape index (κ1) is 22.5. The van der Waals surface area contributed by atoms with Crippen LogP contribution in [0.4, 0.5) is 5.13 Å². The minimum Gasteiger partial charge on any atom is -0.302 e. The van der Waals surface area contributed by atoms with Gasteiger partial charge in [0.1, 0.15) is 0 Å². The molecule has 10 heteroatoms. The molecule has 0 unspecified atom stereocenters. The van der Waals surface area contributed by atoms with E-state index in [0.29, 0.717) is 10.7 Å². The Labute approximate surface area is 180 Å². The average Bonchev–Trinajstić information content (AvgIpc) is 3.15. The summed E-state index contributed by atoms with van der Waals surface area (Å²) >= 11 is 1.37. The van der Waals surface area contributed by atoms with Crippen LogP contribution >= 0.6 is 11.3 Å². The van der Waals surface area contributed by atoms with E-state index < -0.39 is 10.0 Å². The molecule has 0 radical (unpaired) electrons. The molecular weight excluding hydrogens is 424 g/mol. The Kier molecular flexibility index (Phi) is 7.70. The van der Waals surface area contributed by atoms with E-state index >= 15 is 0 Å². The van der Waals surface area contributed by atoms with E-state index in [9.17, 15) is 18.0 Å². The number of ketones is 1. The fraction of sp³-hybridized carbons (Fsp3) is 0.450. The minimum absolute atomic E-state index is 0.00814. The molecule has 3 rings (SSSR count). The fourth-order valence-electron chi connectivity index (χ4n) is 3.22. The normalized spacial score (nSPS) is 15.1. The Morgan fingerprint density at radius 2 is 1.83 bits per heavy atom. The predicted octanol–water partition coefficient (Wildman–Crippen LogP) is 2.64. The van der Waals surface area contributed by atoms with Crippen LogP contribution in [0.15, 0.2) is 34.5 Å². The number of likely N-dealkylation sites (tertiary alicyclic amines) is 1. The molecule has 1 aliphatic heterocycles. The maximum absolute atomic E-state index is 12.3.